The number of thiazole rings is 1. The summed E-state index contributed by atoms with van der Waals surface area (Å²) in [6.45, 7) is 5.01. The highest BCUT2D eigenvalue weighted by Gasteiger charge is 2.11. The molecule has 0 fully saturated rings. The van der Waals surface area contributed by atoms with Gasteiger partial charge >= 0.3 is 5.97 Å². The third-order valence-electron chi connectivity index (χ3n) is 4.15. The Bertz CT molecular complexity index is 1060. The fraction of sp³-hybridized carbons (Fsp3) is 0.261. The molecule has 0 saturated carbocycles. The van der Waals surface area contributed by atoms with Crippen LogP contribution in [0.2, 0.25) is 0 Å². The molecule has 0 saturated heterocycles. The summed E-state index contributed by atoms with van der Waals surface area (Å²) in [5.74, 6) is 0.991. The standard InChI is InChI=1S/C23H24BrN3O4S/c1-3-29-20-10-17(19(24)12-21(20)31-14-16-8-6-5-7-9-16)13-25-27-23-26-18(15-32-23)11-22(28)30-4-2/h5-10,12-13,15H,3-4,11,14H2,1-2H3,(H,26,27). The monoisotopic (exact) mass is 517 g/mol. The molecule has 0 unspecified atom stereocenters. The number of aromatic nitrogens is 1. The first-order chi connectivity index (χ1) is 15.6. The van der Waals surface area contributed by atoms with E-state index < -0.39 is 0 Å². The van der Waals surface area contributed by atoms with E-state index in [1.165, 1.54) is 11.3 Å². The predicted molar refractivity (Wildman–Crippen MR) is 130 cm³/mol. The van der Waals surface area contributed by atoms with Gasteiger partial charge in [-0.2, -0.15) is 5.10 Å². The van der Waals surface area contributed by atoms with Crippen LogP contribution in [0.4, 0.5) is 5.13 Å². The maximum atomic E-state index is 11.6. The van der Waals surface area contributed by atoms with Gasteiger partial charge < -0.3 is 14.2 Å². The number of benzene rings is 2. The highest BCUT2D eigenvalue weighted by molar-refractivity contribution is 9.10. The van der Waals surface area contributed by atoms with Crippen LogP contribution < -0.4 is 14.9 Å². The Kier molecular flexibility index (Phi) is 9.06. The highest BCUT2D eigenvalue weighted by Crippen LogP contribution is 2.34. The average molecular weight is 518 g/mol. The summed E-state index contributed by atoms with van der Waals surface area (Å²) >= 11 is 4.94. The summed E-state index contributed by atoms with van der Waals surface area (Å²) in [7, 11) is 0. The average Bonchev–Trinajstić information content (AvgIpc) is 3.22. The van der Waals surface area contributed by atoms with E-state index in [4.69, 9.17) is 14.2 Å². The van der Waals surface area contributed by atoms with Crippen molar-refractivity contribution in [3.8, 4) is 11.5 Å². The maximum Gasteiger partial charge on any atom is 0.311 e. The first kappa shape index (κ1) is 23.7. The van der Waals surface area contributed by atoms with Gasteiger partial charge in [0.1, 0.15) is 6.61 Å². The lowest BCUT2D eigenvalue weighted by atomic mass is 10.2. The maximum absolute atomic E-state index is 11.6. The van der Waals surface area contributed by atoms with Gasteiger partial charge in [0.25, 0.3) is 0 Å². The zero-order valence-electron chi connectivity index (χ0n) is 17.8. The lowest BCUT2D eigenvalue weighted by Crippen LogP contribution is -2.07. The van der Waals surface area contributed by atoms with Crippen LogP contribution >= 0.6 is 27.3 Å². The minimum Gasteiger partial charge on any atom is -0.490 e. The first-order valence-electron chi connectivity index (χ1n) is 10.1. The van der Waals surface area contributed by atoms with Crippen molar-refractivity contribution in [2.75, 3.05) is 18.6 Å². The van der Waals surface area contributed by atoms with Gasteiger partial charge in [-0.3, -0.25) is 10.2 Å². The van der Waals surface area contributed by atoms with Gasteiger partial charge in [0.15, 0.2) is 11.5 Å². The number of hydrogen-bond donors (Lipinski definition) is 1. The minimum absolute atomic E-state index is 0.142. The van der Waals surface area contributed by atoms with Crippen LogP contribution in [0, 0.1) is 0 Å². The molecule has 32 heavy (non-hydrogen) atoms. The fourth-order valence-corrected chi connectivity index (χ4v) is 3.81. The molecule has 0 radical (unpaired) electrons. The van der Waals surface area contributed by atoms with Crippen molar-refractivity contribution in [2.45, 2.75) is 26.9 Å². The van der Waals surface area contributed by atoms with Crippen LogP contribution in [0.15, 0.2) is 57.4 Å². The number of carbonyl (C=O) groups is 1. The van der Waals surface area contributed by atoms with E-state index in [0.29, 0.717) is 42.1 Å². The molecule has 1 aromatic heterocycles. The summed E-state index contributed by atoms with van der Waals surface area (Å²) in [6, 6.07) is 13.7. The van der Waals surface area contributed by atoms with Crippen molar-refractivity contribution >= 4 is 44.6 Å². The van der Waals surface area contributed by atoms with E-state index in [1.807, 2.05) is 49.4 Å². The zero-order chi connectivity index (χ0) is 22.8. The number of esters is 1. The second-order valence-electron chi connectivity index (χ2n) is 6.52. The molecular formula is C23H24BrN3O4S. The Morgan fingerprint density at radius 1 is 1.16 bits per heavy atom. The van der Waals surface area contributed by atoms with Crippen molar-refractivity contribution in [3.63, 3.8) is 0 Å². The lowest BCUT2D eigenvalue weighted by Gasteiger charge is -2.14. The highest BCUT2D eigenvalue weighted by atomic mass is 79.9. The Balaban J connectivity index is 1.65. The molecule has 3 aromatic rings. The number of anilines is 1. The Morgan fingerprint density at radius 3 is 2.69 bits per heavy atom. The van der Waals surface area contributed by atoms with Crippen LogP contribution in [0.1, 0.15) is 30.7 Å². The van der Waals surface area contributed by atoms with Gasteiger partial charge in [0.2, 0.25) is 5.13 Å². The fourth-order valence-electron chi connectivity index (χ4n) is 2.72. The van der Waals surface area contributed by atoms with Crippen LogP contribution in [0.25, 0.3) is 0 Å². The molecule has 2 aromatic carbocycles. The molecule has 0 amide bonds. The molecule has 1 heterocycles. The molecule has 3 rings (SSSR count). The van der Waals surface area contributed by atoms with Gasteiger partial charge in [-0.25, -0.2) is 4.98 Å². The third kappa shape index (κ3) is 7.06. The number of nitrogens with one attached hydrogen (secondary N) is 1. The largest absolute Gasteiger partial charge is 0.490 e. The molecule has 7 nitrogen and oxygen atoms in total. The molecule has 0 bridgehead atoms. The van der Waals surface area contributed by atoms with Crippen molar-refractivity contribution in [3.05, 3.63) is 69.1 Å². The number of nitrogens with zero attached hydrogens (tertiary/aromatic N) is 2. The molecular weight excluding hydrogens is 494 g/mol. The van der Waals surface area contributed by atoms with Gasteiger partial charge in [0, 0.05) is 15.4 Å². The second kappa shape index (κ2) is 12.2. The number of halogens is 1. The first-order valence-corrected chi connectivity index (χ1v) is 11.8. The Morgan fingerprint density at radius 2 is 1.94 bits per heavy atom. The third-order valence-corrected chi connectivity index (χ3v) is 5.63. The summed E-state index contributed by atoms with van der Waals surface area (Å²) in [6.07, 6.45) is 1.81. The summed E-state index contributed by atoms with van der Waals surface area (Å²) in [5.41, 5.74) is 5.43. The molecule has 0 spiro atoms. The van der Waals surface area contributed by atoms with E-state index in [2.05, 4.69) is 31.4 Å². The number of carbonyl (C=O) groups excluding carboxylic acids is 1. The van der Waals surface area contributed by atoms with Crippen LogP contribution in [-0.4, -0.2) is 30.4 Å². The van der Waals surface area contributed by atoms with E-state index in [0.717, 1.165) is 15.6 Å². The van der Waals surface area contributed by atoms with Crippen LogP contribution in [-0.2, 0) is 22.6 Å². The Hall–Kier alpha value is -2.91. The molecule has 0 aliphatic heterocycles. The van der Waals surface area contributed by atoms with Crippen molar-refractivity contribution in [2.24, 2.45) is 5.10 Å². The quantitative estimate of drug-likeness (QED) is 0.207. The van der Waals surface area contributed by atoms with Crippen molar-refractivity contribution in [1.29, 1.82) is 0 Å². The molecule has 0 atom stereocenters. The minimum atomic E-state index is -0.296. The van der Waals surface area contributed by atoms with Gasteiger partial charge in [-0.15, -0.1) is 11.3 Å². The topological polar surface area (TPSA) is 82.0 Å². The molecule has 0 aliphatic carbocycles. The lowest BCUT2D eigenvalue weighted by molar-refractivity contribution is -0.142. The van der Waals surface area contributed by atoms with E-state index in [9.17, 15) is 4.79 Å². The number of ether oxygens (including phenoxy) is 3. The number of rotatable bonds is 11. The molecule has 0 aliphatic rings. The summed E-state index contributed by atoms with van der Waals surface area (Å²) in [5, 5.41) is 6.65. The molecule has 1 N–H and O–H groups in total. The summed E-state index contributed by atoms with van der Waals surface area (Å²) < 4.78 is 17.5. The van der Waals surface area contributed by atoms with Gasteiger partial charge in [0.05, 0.1) is 31.5 Å². The molecule has 168 valence electrons. The predicted octanol–water partition coefficient (Wildman–Crippen LogP) is 5.43. The van der Waals surface area contributed by atoms with Crippen molar-refractivity contribution < 1.29 is 19.0 Å². The SMILES string of the molecule is CCOC(=O)Cc1csc(NN=Cc2cc(OCC)c(OCc3ccccc3)cc2Br)n1. The normalized spacial score (nSPS) is 10.8. The van der Waals surface area contributed by atoms with E-state index >= 15 is 0 Å². The van der Waals surface area contributed by atoms with Crippen LogP contribution in [0.5, 0.6) is 11.5 Å². The zero-order valence-corrected chi connectivity index (χ0v) is 20.2. The van der Waals surface area contributed by atoms with Gasteiger partial charge in [-0.05, 0) is 47.5 Å². The van der Waals surface area contributed by atoms with Gasteiger partial charge in [-0.1, -0.05) is 30.3 Å². The second-order valence-corrected chi connectivity index (χ2v) is 8.24. The molecule has 9 heteroatoms. The summed E-state index contributed by atoms with van der Waals surface area (Å²) in [4.78, 5) is 15.9. The Labute approximate surface area is 199 Å². The number of hydrogen-bond acceptors (Lipinski definition) is 8. The smallest absolute Gasteiger partial charge is 0.311 e. The van der Waals surface area contributed by atoms with E-state index in [-0.39, 0.29) is 12.4 Å². The van der Waals surface area contributed by atoms with Crippen LogP contribution in [0.3, 0.4) is 0 Å². The van der Waals surface area contributed by atoms with E-state index in [1.54, 1.807) is 18.5 Å². The van der Waals surface area contributed by atoms with Crippen molar-refractivity contribution in [1.82, 2.24) is 4.98 Å². The number of hydrazone groups is 1.